The average Bonchev–Trinajstić information content (AvgIpc) is 2.36. The number of nitrogen functional groups attached to an aromatic ring is 1. The Morgan fingerprint density at radius 2 is 2.00 bits per heavy atom. The van der Waals surface area contributed by atoms with Crippen LogP contribution in [0.3, 0.4) is 0 Å². The van der Waals surface area contributed by atoms with Gasteiger partial charge in [0.15, 0.2) is 0 Å². The number of carbonyl (C=O) groups excluding carboxylic acids is 1. The van der Waals surface area contributed by atoms with Crippen molar-refractivity contribution in [1.29, 1.82) is 0 Å². The second-order valence-electron chi connectivity index (χ2n) is 4.28. The highest BCUT2D eigenvalue weighted by Gasteiger charge is 2.09. The zero-order chi connectivity index (χ0) is 13.8. The van der Waals surface area contributed by atoms with E-state index in [1.165, 1.54) is 6.07 Å². The van der Waals surface area contributed by atoms with Crippen molar-refractivity contribution in [1.82, 2.24) is 0 Å². The Bertz CT molecular complexity index is 591. The van der Waals surface area contributed by atoms with Crippen LogP contribution in [0, 0.1) is 6.92 Å². The normalized spacial score (nSPS) is 10.2. The first kappa shape index (κ1) is 13.4. The molecular weight excluding hydrogens is 262 g/mol. The van der Waals surface area contributed by atoms with Crippen LogP contribution in [0.5, 0.6) is 0 Å². The van der Waals surface area contributed by atoms with Crippen LogP contribution in [0.2, 0.25) is 5.02 Å². The van der Waals surface area contributed by atoms with E-state index in [1.807, 2.05) is 31.2 Å². The number of rotatable bonds is 3. The van der Waals surface area contributed by atoms with Crippen LogP contribution in [0.4, 0.5) is 5.69 Å². The summed E-state index contributed by atoms with van der Waals surface area (Å²) in [5, 5.41) is 0.419. The molecule has 19 heavy (non-hydrogen) atoms. The highest BCUT2D eigenvalue weighted by Crippen LogP contribution is 2.18. The van der Waals surface area contributed by atoms with Crippen molar-refractivity contribution >= 4 is 23.3 Å². The molecule has 0 fully saturated rings. The van der Waals surface area contributed by atoms with Gasteiger partial charge in [0.2, 0.25) is 0 Å². The minimum Gasteiger partial charge on any atom is -0.457 e. The number of carbonyl (C=O) groups is 1. The molecule has 0 bridgehead atoms. The summed E-state index contributed by atoms with van der Waals surface area (Å²) >= 11 is 5.85. The second-order valence-corrected chi connectivity index (χ2v) is 4.71. The van der Waals surface area contributed by atoms with E-state index in [-0.39, 0.29) is 6.61 Å². The molecule has 0 radical (unpaired) electrons. The number of hydrogen-bond acceptors (Lipinski definition) is 3. The lowest BCUT2D eigenvalue weighted by atomic mass is 10.1. The largest absolute Gasteiger partial charge is 0.457 e. The first-order valence-electron chi connectivity index (χ1n) is 5.84. The molecule has 3 nitrogen and oxygen atoms in total. The van der Waals surface area contributed by atoms with Gasteiger partial charge in [-0.1, -0.05) is 35.9 Å². The number of anilines is 1. The molecule has 98 valence electrons. The third-order valence-electron chi connectivity index (χ3n) is 2.78. The smallest absolute Gasteiger partial charge is 0.338 e. The quantitative estimate of drug-likeness (QED) is 0.688. The summed E-state index contributed by atoms with van der Waals surface area (Å²) in [6.45, 7) is 2.21. The maximum atomic E-state index is 11.9. The number of esters is 1. The zero-order valence-electron chi connectivity index (χ0n) is 10.5. The van der Waals surface area contributed by atoms with E-state index in [1.54, 1.807) is 12.1 Å². The summed E-state index contributed by atoms with van der Waals surface area (Å²) in [5.41, 5.74) is 8.50. The minimum atomic E-state index is -0.433. The van der Waals surface area contributed by atoms with E-state index in [2.05, 4.69) is 0 Å². The van der Waals surface area contributed by atoms with Crippen molar-refractivity contribution in [2.24, 2.45) is 0 Å². The van der Waals surface area contributed by atoms with Crippen molar-refractivity contribution in [3.63, 3.8) is 0 Å². The molecule has 2 aromatic rings. The molecule has 0 spiro atoms. The monoisotopic (exact) mass is 275 g/mol. The van der Waals surface area contributed by atoms with Gasteiger partial charge in [-0.2, -0.15) is 0 Å². The number of benzene rings is 2. The molecule has 0 saturated heterocycles. The van der Waals surface area contributed by atoms with Gasteiger partial charge in [0.1, 0.15) is 6.61 Å². The predicted molar refractivity (Wildman–Crippen MR) is 76.2 cm³/mol. The van der Waals surface area contributed by atoms with Gasteiger partial charge in [-0.25, -0.2) is 4.79 Å². The van der Waals surface area contributed by atoms with Crippen LogP contribution < -0.4 is 5.73 Å². The molecule has 0 aliphatic heterocycles. The van der Waals surface area contributed by atoms with Crippen molar-refractivity contribution in [2.75, 3.05) is 5.73 Å². The van der Waals surface area contributed by atoms with Crippen molar-refractivity contribution in [2.45, 2.75) is 13.5 Å². The Kier molecular flexibility index (Phi) is 4.07. The standard InChI is InChI=1S/C15H14ClNO2/c1-10-4-2-3-5-11(10)9-19-15(18)12-6-13(16)8-14(17)7-12/h2-8H,9,17H2,1H3. The lowest BCUT2D eigenvalue weighted by Crippen LogP contribution is -2.06. The van der Waals surface area contributed by atoms with Gasteiger partial charge in [-0.3, -0.25) is 0 Å². The summed E-state index contributed by atoms with van der Waals surface area (Å²) < 4.78 is 5.25. The number of ether oxygens (including phenoxy) is 1. The Morgan fingerprint density at radius 1 is 1.26 bits per heavy atom. The molecule has 0 aliphatic rings. The van der Waals surface area contributed by atoms with Gasteiger partial charge < -0.3 is 10.5 Å². The minimum absolute atomic E-state index is 0.234. The summed E-state index contributed by atoms with van der Waals surface area (Å²) in [6.07, 6.45) is 0. The van der Waals surface area contributed by atoms with Gasteiger partial charge in [-0.05, 0) is 36.2 Å². The summed E-state index contributed by atoms with van der Waals surface area (Å²) in [7, 11) is 0. The molecule has 2 N–H and O–H groups in total. The lowest BCUT2D eigenvalue weighted by Gasteiger charge is -2.08. The molecule has 0 amide bonds. The van der Waals surface area contributed by atoms with E-state index in [4.69, 9.17) is 22.1 Å². The Balaban J connectivity index is 2.08. The second kappa shape index (κ2) is 5.76. The highest BCUT2D eigenvalue weighted by molar-refractivity contribution is 6.31. The Labute approximate surface area is 117 Å². The molecule has 4 heteroatoms. The number of hydrogen-bond donors (Lipinski definition) is 1. The number of aryl methyl sites for hydroxylation is 1. The zero-order valence-corrected chi connectivity index (χ0v) is 11.3. The van der Waals surface area contributed by atoms with Gasteiger partial charge in [0, 0.05) is 10.7 Å². The Morgan fingerprint density at radius 3 is 2.68 bits per heavy atom. The first-order chi connectivity index (χ1) is 9.06. The number of halogens is 1. The highest BCUT2D eigenvalue weighted by atomic mass is 35.5. The van der Waals surface area contributed by atoms with E-state index in [0.717, 1.165) is 11.1 Å². The van der Waals surface area contributed by atoms with Crippen molar-refractivity contribution in [3.05, 3.63) is 64.2 Å². The molecule has 0 aromatic heterocycles. The fraction of sp³-hybridized carbons (Fsp3) is 0.133. The fourth-order valence-electron chi connectivity index (χ4n) is 1.73. The number of nitrogens with two attached hydrogens (primary N) is 1. The molecule has 2 aromatic carbocycles. The van der Waals surface area contributed by atoms with Gasteiger partial charge >= 0.3 is 5.97 Å². The lowest BCUT2D eigenvalue weighted by molar-refractivity contribution is 0.0472. The van der Waals surface area contributed by atoms with E-state index in [0.29, 0.717) is 16.3 Å². The van der Waals surface area contributed by atoms with Gasteiger partial charge in [0.05, 0.1) is 5.56 Å². The average molecular weight is 276 g/mol. The van der Waals surface area contributed by atoms with E-state index >= 15 is 0 Å². The third kappa shape index (κ3) is 3.48. The molecular formula is C15H14ClNO2. The first-order valence-corrected chi connectivity index (χ1v) is 6.22. The van der Waals surface area contributed by atoms with Crippen molar-refractivity contribution < 1.29 is 9.53 Å². The summed E-state index contributed by atoms with van der Waals surface area (Å²) in [6, 6.07) is 12.4. The van der Waals surface area contributed by atoms with Crippen LogP contribution >= 0.6 is 11.6 Å². The van der Waals surface area contributed by atoms with Crippen LogP contribution in [0.25, 0.3) is 0 Å². The van der Waals surface area contributed by atoms with Gasteiger partial charge in [-0.15, -0.1) is 0 Å². The topological polar surface area (TPSA) is 52.3 Å². The van der Waals surface area contributed by atoms with Crippen LogP contribution in [0.15, 0.2) is 42.5 Å². The van der Waals surface area contributed by atoms with E-state index < -0.39 is 5.97 Å². The molecule has 2 rings (SSSR count). The molecule has 0 saturated carbocycles. The summed E-state index contributed by atoms with van der Waals surface area (Å²) in [4.78, 5) is 11.9. The van der Waals surface area contributed by atoms with Crippen LogP contribution in [-0.2, 0) is 11.3 Å². The van der Waals surface area contributed by atoms with Crippen molar-refractivity contribution in [3.8, 4) is 0 Å². The van der Waals surface area contributed by atoms with Gasteiger partial charge in [0.25, 0.3) is 0 Å². The SMILES string of the molecule is Cc1ccccc1COC(=O)c1cc(N)cc(Cl)c1. The molecule has 0 unspecified atom stereocenters. The van der Waals surface area contributed by atoms with Crippen LogP contribution in [0.1, 0.15) is 21.5 Å². The third-order valence-corrected chi connectivity index (χ3v) is 2.99. The van der Waals surface area contributed by atoms with E-state index in [9.17, 15) is 4.79 Å². The maximum Gasteiger partial charge on any atom is 0.338 e. The molecule has 0 heterocycles. The predicted octanol–water partition coefficient (Wildman–Crippen LogP) is 3.59. The Hall–Kier alpha value is -2.00. The van der Waals surface area contributed by atoms with Crippen LogP contribution in [-0.4, -0.2) is 5.97 Å². The fourth-order valence-corrected chi connectivity index (χ4v) is 1.97. The molecule has 0 aliphatic carbocycles. The summed E-state index contributed by atoms with van der Waals surface area (Å²) in [5.74, 6) is -0.433. The maximum absolute atomic E-state index is 11.9. The molecule has 0 atom stereocenters.